The molecule has 1 aliphatic rings. The van der Waals surface area contributed by atoms with E-state index in [1.165, 1.54) is 7.11 Å². The number of likely N-dealkylation sites (tertiary alicyclic amines) is 1. The van der Waals surface area contributed by atoms with Gasteiger partial charge < -0.3 is 20.5 Å². The number of nitrogens with one attached hydrogen (secondary N) is 2. The van der Waals surface area contributed by atoms with Gasteiger partial charge in [-0.15, -0.1) is 0 Å². The highest BCUT2D eigenvalue weighted by molar-refractivity contribution is 6.05. The van der Waals surface area contributed by atoms with Crippen molar-refractivity contribution in [2.24, 2.45) is 0 Å². The lowest BCUT2D eigenvalue weighted by atomic mass is 10.0. The van der Waals surface area contributed by atoms with Crippen LogP contribution in [0, 0.1) is 0 Å². The quantitative estimate of drug-likeness (QED) is 0.517. The molecule has 7 heteroatoms. The second-order valence-corrected chi connectivity index (χ2v) is 8.04. The normalized spacial score (nSPS) is 15.8. The van der Waals surface area contributed by atoms with Gasteiger partial charge in [0.1, 0.15) is 5.75 Å². The number of methoxy groups -OCH3 is 1. The zero-order valence-electron chi connectivity index (χ0n) is 18.5. The first-order valence-electron chi connectivity index (χ1n) is 10.9. The fourth-order valence-electron chi connectivity index (χ4n) is 3.88. The fraction of sp³-hybridized carbons (Fsp3) is 0.231. The van der Waals surface area contributed by atoms with E-state index in [1.807, 2.05) is 47.4 Å². The van der Waals surface area contributed by atoms with Crippen molar-refractivity contribution in [2.75, 3.05) is 37.4 Å². The first kappa shape index (κ1) is 22.5. The minimum atomic E-state index is -0.382. The van der Waals surface area contributed by atoms with Gasteiger partial charge in [0, 0.05) is 24.3 Å². The summed E-state index contributed by atoms with van der Waals surface area (Å²) in [4.78, 5) is 27.1. The molecular formula is C26H27N3O4. The van der Waals surface area contributed by atoms with Crippen LogP contribution in [0.25, 0.3) is 11.1 Å². The molecule has 1 aliphatic heterocycles. The number of amides is 2. The van der Waals surface area contributed by atoms with E-state index in [-0.39, 0.29) is 24.5 Å². The Labute approximate surface area is 193 Å². The van der Waals surface area contributed by atoms with Gasteiger partial charge in [-0.05, 0) is 47.9 Å². The lowest BCUT2D eigenvalue weighted by Crippen LogP contribution is -2.32. The smallest absolute Gasteiger partial charge is 0.255 e. The number of benzene rings is 3. The Bertz CT molecular complexity index is 1120. The van der Waals surface area contributed by atoms with Crippen LogP contribution in [0.1, 0.15) is 16.8 Å². The van der Waals surface area contributed by atoms with Gasteiger partial charge in [-0.25, -0.2) is 0 Å². The maximum absolute atomic E-state index is 12.8. The molecule has 1 heterocycles. The van der Waals surface area contributed by atoms with Crippen molar-refractivity contribution in [2.45, 2.75) is 12.5 Å². The van der Waals surface area contributed by atoms with Crippen LogP contribution in [0.4, 0.5) is 11.4 Å². The number of hydrogen-bond acceptors (Lipinski definition) is 5. The molecule has 1 unspecified atom stereocenters. The molecule has 1 atom stereocenters. The van der Waals surface area contributed by atoms with E-state index in [0.29, 0.717) is 42.2 Å². The molecule has 0 aliphatic carbocycles. The molecule has 7 nitrogen and oxygen atoms in total. The number of nitrogens with zero attached hydrogens (tertiary/aromatic N) is 1. The lowest BCUT2D eigenvalue weighted by Gasteiger charge is -2.16. The van der Waals surface area contributed by atoms with Gasteiger partial charge in [0.15, 0.2) is 0 Å². The third-order valence-electron chi connectivity index (χ3n) is 5.60. The van der Waals surface area contributed by atoms with E-state index >= 15 is 0 Å². The van der Waals surface area contributed by atoms with E-state index in [1.54, 1.807) is 30.3 Å². The average molecular weight is 446 g/mol. The Morgan fingerprint density at radius 3 is 2.39 bits per heavy atom. The molecule has 0 radical (unpaired) electrons. The Morgan fingerprint density at radius 1 is 1.00 bits per heavy atom. The van der Waals surface area contributed by atoms with Crippen molar-refractivity contribution in [3.63, 3.8) is 0 Å². The van der Waals surface area contributed by atoms with Crippen molar-refractivity contribution in [3.8, 4) is 16.9 Å². The SMILES string of the molecule is COc1ccc(NC(=O)c2ccc(-c3ccccc3)cc2)cc1NC(=O)CN1CCC(O)C1. The minimum Gasteiger partial charge on any atom is -0.495 e. The second kappa shape index (κ2) is 10.3. The standard InChI is InChI=1S/C26H27N3O4/c1-33-24-12-11-21(15-23(24)28-25(31)17-29-14-13-22(30)16-29)27-26(32)20-9-7-19(8-10-20)18-5-3-2-4-6-18/h2-12,15,22,30H,13-14,16-17H2,1H3,(H,27,32)(H,28,31). The summed E-state index contributed by atoms with van der Waals surface area (Å²) in [7, 11) is 1.52. The molecule has 0 spiro atoms. The van der Waals surface area contributed by atoms with Gasteiger partial charge in [-0.1, -0.05) is 42.5 Å². The van der Waals surface area contributed by atoms with Crippen LogP contribution >= 0.6 is 0 Å². The first-order chi connectivity index (χ1) is 16.0. The summed E-state index contributed by atoms with van der Waals surface area (Å²) in [6.45, 7) is 1.36. The number of ether oxygens (including phenoxy) is 1. The highest BCUT2D eigenvalue weighted by atomic mass is 16.5. The Morgan fingerprint density at radius 2 is 1.73 bits per heavy atom. The molecule has 3 aromatic carbocycles. The first-order valence-corrected chi connectivity index (χ1v) is 10.9. The lowest BCUT2D eigenvalue weighted by molar-refractivity contribution is -0.117. The third kappa shape index (κ3) is 5.77. The molecule has 2 amide bonds. The number of carbonyl (C=O) groups is 2. The van der Waals surface area contributed by atoms with Crippen LogP contribution in [0.15, 0.2) is 72.8 Å². The third-order valence-corrected chi connectivity index (χ3v) is 5.60. The summed E-state index contributed by atoms with van der Waals surface area (Å²) < 4.78 is 5.35. The van der Waals surface area contributed by atoms with Gasteiger partial charge in [-0.2, -0.15) is 0 Å². The monoisotopic (exact) mass is 445 g/mol. The van der Waals surface area contributed by atoms with Gasteiger partial charge in [0.2, 0.25) is 5.91 Å². The van der Waals surface area contributed by atoms with Crippen LogP contribution in [0.2, 0.25) is 0 Å². The van der Waals surface area contributed by atoms with Crippen molar-refractivity contribution >= 4 is 23.2 Å². The molecule has 1 saturated heterocycles. The van der Waals surface area contributed by atoms with E-state index in [2.05, 4.69) is 10.6 Å². The molecule has 0 bridgehead atoms. The second-order valence-electron chi connectivity index (χ2n) is 8.04. The summed E-state index contributed by atoms with van der Waals surface area (Å²) in [6.07, 6.45) is 0.289. The number of carbonyl (C=O) groups excluding carboxylic acids is 2. The topological polar surface area (TPSA) is 90.9 Å². The van der Waals surface area contributed by atoms with Crippen LogP contribution in [0.3, 0.4) is 0 Å². The molecule has 4 rings (SSSR count). The van der Waals surface area contributed by atoms with E-state index < -0.39 is 0 Å². The number of rotatable bonds is 7. The molecule has 3 aromatic rings. The molecule has 1 fully saturated rings. The number of aliphatic hydroxyl groups is 1. The molecular weight excluding hydrogens is 418 g/mol. The Balaban J connectivity index is 1.42. The predicted octanol–water partition coefficient (Wildman–Crippen LogP) is 3.62. The Hall–Kier alpha value is -3.68. The molecule has 170 valence electrons. The largest absolute Gasteiger partial charge is 0.495 e. The van der Waals surface area contributed by atoms with Crippen LogP contribution in [-0.4, -0.2) is 54.7 Å². The fourth-order valence-corrected chi connectivity index (χ4v) is 3.88. The highest BCUT2D eigenvalue weighted by Crippen LogP contribution is 2.28. The molecule has 33 heavy (non-hydrogen) atoms. The highest BCUT2D eigenvalue weighted by Gasteiger charge is 2.22. The minimum absolute atomic E-state index is 0.185. The van der Waals surface area contributed by atoms with Gasteiger partial charge in [0.25, 0.3) is 5.91 Å². The number of aliphatic hydroxyl groups excluding tert-OH is 1. The van der Waals surface area contributed by atoms with E-state index in [4.69, 9.17) is 4.74 Å². The average Bonchev–Trinajstić information content (AvgIpc) is 3.24. The van der Waals surface area contributed by atoms with Crippen molar-refractivity contribution in [1.82, 2.24) is 4.90 Å². The maximum Gasteiger partial charge on any atom is 0.255 e. The predicted molar refractivity (Wildman–Crippen MR) is 129 cm³/mol. The van der Waals surface area contributed by atoms with Crippen LogP contribution in [-0.2, 0) is 4.79 Å². The summed E-state index contributed by atoms with van der Waals surface area (Å²) >= 11 is 0. The van der Waals surface area contributed by atoms with Gasteiger partial charge in [-0.3, -0.25) is 14.5 Å². The summed E-state index contributed by atoms with van der Waals surface area (Å²) in [6, 6.07) is 22.5. The van der Waals surface area contributed by atoms with Crippen molar-refractivity contribution in [1.29, 1.82) is 0 Å². The Kier molecular flexibility index (Phi) is 7.02. The molecule has 3 N–H and O–H groups in total. The van der Waals surface area contributed by atoms with E-state index in [0.717, 1.165) is 11.1 Å². The number of anilines is 2. The van der Waals surface area contributed by atoms with E-state index in [9.17, 15) is 14.7 Å². The maximum atomic E-state index is 12.8. The van der Waals surface area contributed by atoms with Crippen LogP contribution in [0.5, 0.6) is 5.75 Å². The van der Waals surface area contributed by atoms with Crippen molar-refractivity contribution < 1.29 is 19.4 Å². The van der Waals surface area contributed by atoms with Gasteiger partial charge >= 0.3 is 0 Å². The molecule has 0 saturated carbocycles. The van der Waals surface area contributed by atoms with Crippen LogP contribution < -0.4 is 15.4 Å². The van der Waals surface area contributed by atoms with Crippen molar-refractivity contribution in [3.05, 3.63) is 78.4 Å². The van der Waals surface area contributed by atoms with Gasteiger partial charge in [0.05, 0.1) is 25.4 Å². The summed E-state index contributed by atoms with van der Waals surface area (Å²) in [5, 5.41) is 15.4. The number of hydrogen-bond donors (Lipinski definition) is 3. The molecule has 0 aromatic heterocycles. The number of β-amino-alcohol motifs (C(OH)–C–C–N with tert-alkyl or cyclic N) is 1. The summed E-state index contributed by atoms with van der Waals surface area (Å²) in [5.41, 5.74) is 3.67. The zero-order valence-corrected chi connectivity index (χ0v) is 18.5. The summed E-state index contributed by atoms with van der Waals surface area (Å²) in [5.74, 6) is 0.0421. The zero-order chi connectivity index (χ0) is 23.2.